The summed E-state index contributed by atoms with van der Waals surface area (Å²) in [7, 11) is 2.18. The van der Waals surface area contributed by atoms with Crippen LogP contribution in [0.25, 0.3) is 0 Å². The maximum atomic E-state index is 12.7. The third-order valence-electron chi connectivity index (χ3n) is 7.27. The first-order valence-corrected chi connectivity index (χ1v) is 10.1. The van der Waals surface area contributed by atoms with Gasteiger partial charge in [-0.3, -0.25) is 4.98 Å². The highest BCUT2D eigenvalue weighted by Gasteiger charge is 2.65. The Hall–Kier alpha value is -2.86. The minimum absolute atomic E-state index is 0.168. The number of carbonyl (C=O) groups excluding carboxylic acids is 1. The molecule has 2 aromatic rings. The SMILES string of the molecule is CN1CC[C@]23c4c5ccc(O)c4O[C@H]2[C@@H](OC(=O)c2cccnc2)C=C[C@H]3[C@H]1C5. The number of rotatable bonds is 2. The van der Waals surface area contributed by atoms with Gasteiger partial charge < -0.3 is 19.5 Å². The zero-order valence-electron chi connectivity index (χ0n) is 16.1. The van der Waals surface area contributed by atoms with E-state index in [4.69, 9.17) is 9.47 Å². The monoisotopic (exact) mass is 390 g/mol. The van der Waals surface area contributed by atoms with Gasteiger partial charge in [-0.15, -0.1) is 0 Å². The lowest BCUT2D eigenvalue weighted by Gasteiger charge is -2.56. The molecular formula is C23H22N2O4. The Labute approximate surface area is 168 Å². The molecule has 0 saturated carbocycles. The molecule has 3 heterocycles. The number of phenolic OH excluding ortho intramolecular Hbond substituents is 1. The number of benzene rings is 1. The molecule has 6 rings (SSSR count). The number of esters is 1. The molecule has 1 aromatic heterocycles. The van der Waals surface area contributed by atoms with E-state index in [2.05, 4.69) is 23.0 Å². The van der Waals surface area contributed by atoms with Gasteiger partial charge in [-0.2, -0.15) is 0 Å². The van der Waals surface area contributed by atoms with Gasteiger partial charge in [0.15, 0.2) is 17.6 Å². The Morgan fingerprint density at radius 1 is 1.34 bits per heavy atom. The molecule has 1 fully saturated rings. The third-order valence-corrected chi connectivity index (χ3v) is 7.27. The maximum Gasteiger partial charge on any atom is 0.340 e. The Morgan fingerprint density at radius 3 is 3.07 bits per heavy atom. The summed E-state index contributed by atoms with van der Waals surface area (Å²) in [5.74, 6) is 0.606. The molecule has 1 spiro atoms. The number of aromatic hydroxyl groups is 1. The van der Waals surface area contributed by atoms with Crippen LogP contribution >= 0.6 is 0 Å². The molecule has 5 atom stereocenters. The summed E-state index contributed by atoms with van der Waals surface area (Å²) >= 11 is 0. The predicted molar refractivity (Wildman–Crippen MR) is 105 cm³/mol. The second-order valence-corrected chi connectivity index (χ2v) is 8.55. The van der Waals surface area contributed by atoms with Gasteiger partial charge in [-0.1, -0.05) is 12.1 Å². The van der Waals surface area contributed by atoms with Crippen molar-refractivity contribution in [1.29, 1.82) is 0 Å². The van der Waals surface area contributed by atoms with E-state index in [1.54, 1.807) is 24.4 Å². The van der Waals surface area contributed by atoms with Crippen molar-refractivity contribution in [2.75, 3.05) is 13.6 Å². The van der Waals surface area contributed by atoms with Crippen molar-refractivity contribution < 1.29 is 19.4 Å². The van der Waals surface area contributed by atoms with Crippen molar-refractivity contribution in [3.05, 3.63) is 65.5 Å². The molecule has 2 bridgehead atoms. The lowest BCUT2D eigenvalue weighted by Crippen LogP contribution is -2.65. The van der Waals surface area contributed by atoms with Crippen molar-refractivity contribution in [1.82, 2.24) is 9.88 Å². The van der Waals surface area contributed by atoms with E-state index in [-0.39, 0.29) is 23.2 Å². The number of hydrogen-bond donors (Lipinski definition) is 1. The van der Waals surface area contributed by atoms with Crippen molar-refractivity contribution in [3.8, 4) is 11.5 Å². The zero-order valence-corrected chi connectivity index (χ0v) is 16.1. The zero-order chi connectivity index (χ0) is 19.8. The van der Waals surface area contributed by atoms with Crippen LogP contribution in [0.2, 0.25) is 0 Å². The average molecular weight is 390 g/mol. The quantitative estimate of drug-likeness (QED) is 0.627. The highest BCUT2D eigenvalue weighted by Crippen LogP contribution is 2.62. The topological polar surface area (TPSA) is 71.9 Å². The van der Waals surface area contributed by atoms with E-state index in [9.17, 15) is 9.90 Å². The molecule has 0 radical (unpaired) electrons. The van der Waals surface area contributed by atoms with Crippen molar-refractivity contribution >= 4 is 5.97 Å². The molecule has 1 aromatic carbocycles. The average Bonchev–Trinajstić information content (AvgIpc) is 3.10. The second kappa shape index (κ2) is 5.83. The molecule has 148 valence electrons. The molecule has 6 nitrogen and oxygen atoms in total. The van der Waals surface area contributed by atoms with E-state index >= 15 is 0 Å². The summed E-state index contributed by atoms with van der Waals surface area (Å²) in [6, 6.07) is 7.55. The standard InChI is InChI=1S/C23H22N2O4/c1-25-10-8-23-15-5-7-18(28-22(27)14-3-2-9-24-12-14)21(23)29-20-17(26)6-4-13(19(20)23)11-16(15)25/h2-7,9,12,15-16,18,21,26H,8,10-11H2,1H3/t15-,16+,18-,21-,23-/m0/s1. The van der Waals surface area contributed by atoms with Crippen LogP contribution in [0.3, 0.4) is 0 Å². The van der Waals surface area contributed by atoms with Crippen LogP contribution in [-0.2, 0) is 16.6 Å². The lowest BCUT2D eigenvalue weighted by atomic mass is 9.53. The number of likely N-dealkylation sites (tertiary alicyclic amines) is 1. The number of pyridine rings is 1. The lowest BCUT2D eigenvalue weighted by molar-refractivity contribution is -0.0555. The van der Waals surface area contributed by atoms with Crippen LogP contribution in [0.1, 0.15) is 27.9 Å². The first kappa shape index (κ1) is 17.0. The molecular weight excluding hydrogens is 368 g/mol. The minimum Gasteiger partial charge on any atom is -0.504 e. The molecule has 29 heavy (non-hydrogen) atoms. The van der Waals surface area contributed by atoms with Gasteiger partial charge in [0.05, 0.1) is 5.56 Å². The molecule has 0 unspecified atom stereocenters. The Morgan fingerprint density at radius 2 is 2.24 bits per heavy atom. The summed E-state index contributed by atoms with van der Waals surface area (Å²) in [5, 5.41) is 10.5. The van der Waals surface area contributed by atoms with Crippen LogP contribution in [0.5, 0.6) is 11.5 Å². The fourth-order valence-electron chi connectivity index (χ4n) is 6.00. The second-order valence-electron chi connectivity index (χ2n) is 8.55. The van der Waals surface area contributed by atoms with Gasteiger partial charge >= 0.3 is 5.97 Å². The number of hydrogen-bond acceptors (Lipinski definition) is 6. The van der Waals surface area contributed by atoms with E-state index in [0.717, 1.165) is 24.9 Å². The van der Waals surface area contributed by atoms with Crippen molar-refractivity contribution in [2.24, 2.45) is 5.92 Å². The van der Waals surface area contributed by atoms with Gasteiger partial charge in [0, 0.05) is 35.3 Å². The summed E-state index contributed by atoms with van der Waals surface area (Å²) in [4.78, 5) is 19.2. The first-order chi connectivity index (χ1) is 14.1. The summed E-state index contributed by atoms with van der Waals surface area (Å²) < 4.78 is 12.3. The minimum atomic E-state index is -0.513. The normalized spacial score (nSPS) is 33.7. The Bertz CT molecular complexity index is 1040. The molecule has 2 aliphatic heterocycles. The molecule has 0 amide bonds. The van der Waals surface area contributed by atoms with E-state index in [1.807, 2.05) is 12.1 Å². The number of carbonyl (C=O) groups is 1. The van der Waals surface area contributed by atoms with Crippen molar-refractivity contribution in [2.45, 2.75) is 36.5 Å². The fraction of sp³-hybridized carbons (Fsp3) is 0.391. The van der Waals surface area contributed by atoms with Crippen LogP contribution in [0, 0.1) is 5.92 Å². The highest BCUT2D eigenvalue weighted by molar-refractivity contribution is 5.89. The Kier molecular flexibility index (Phi) is 3.42. The molecule has 1 saturated heterocycles. The summed E-state index contributed by atoms with van der Waals surface area (Å²) in [5.41, 5.74) is 2.52. The number of ether oxygens (including phenoxy) is 2. The van der Waals surface area contributed by atoms with E-state index < -0.39 is 12.1 Å². The largest absolute Gasteiger partial charge is 0.504 e. The third kappa shape index (κ3) is 2.15. The first-order valence-electron chi connectivity index (χ1n) is 10.1. The van der Waals surface area contributed by atoms with Gasteiger partial charge in [0.25, 0.3) is 0 Å². The Balaban J connectivity index is 1.45. The molecule has 1 N–H and O–H groups in total. The van der Waals surface area contributed by atoms with Crippen molar-refractivity contribution in [3.63, 3.8) is 0 Å². The summed E-state index contributed by atoms with van der Waals surface area (Å²) in [6.45, 7) is 0.951. The van der Waals surface area contributed by atoms with E-state index in [1.165, 1.54) is 11.8 Å². The number of phenols is 1. The van der Waals surface area contributed by atoms with E-state index in [0.29, 0.717) is 17.4 Å². The highest BCUT2D eigenvalue weighted by atomic mass is 16.6. The molecule has 6 heteroatoms. The smallest absolute Gasteiger partial charge is 0.340 e. The van der Waals surface area contributed by atoms with Gasteiger partial charge in [0.1, 0.15) is 6.10 Å². The molecule has 2 aliphatic carbocycles. The van der Waals surface area contributed by atoms with Crippen LogP contribution in [-0.4, -0.2) is 52.8 Å². The fourth-order valence-corrected chi connectivity index (χ4v) is 6.00. The van der Waals surface area contributed by atoms with Gasteiger partial charge in [-0.25, -0.2) is 4.79 Å². The number of likely N-dealkylation sites (N-methyl/N-ethyl adjacent to an activating group) is 1. The number of nitrogens with zero attached hydrogens (tertiary/aromatic N) is 2. The predicted octanol–water partition coefficient (Wildman–Crippen LogP) is 2.46. The maximum absolute atomic E-state index is 12.7. The van der Waals surface area contributed by atoms with Crippen LogP contribution in [0.15, 0.2) is 48.8 Å². The summed E-state index contributed by atoms with van der Waals surface area (Å²) in [6.07, 6.45) is 8.32. The van der Waals surface area contributed by atoms with Crippen LogP contribution in [0.4, 0.5) is 0 Å². The van der Waals surface area contributed by atoms with Gasteiger partial charge in [0.2, 0.25) is 0 Å². The number of piperidine rings is 1. The van der Waals surface area contributed by atoms with Gasteiger partial charge in [-0.05, 0) is 56.3 Å². The van der Waals surface area contributed by atoms with Crippen LogP contribution < -0.4 is 4.74 Å². The number of aromatic nitrogens is 1. The molecule has 4 aliphatic rings.